The average molecular weight is 210 g/mol. The van der Waals surface area contributed by atoms with Gasteiger partial charge in [-0.15, -0.1) is 0 Å². The summed E-state index contributed by atoms with van der Waals surface area (Å²) >= 11 is 0. The molecule has 1 heterocycles. The second-order valence-electron chi connectivity index (χ2n) is 5.31. The van der Waals surface area contributed by atoms with Crippen molar-refractivity contribution in [3.63, 3.8) is 0 Å². The van der Waals surface area contributed by atoms with Crippen LogP contribution in [0.3, 0.4) is 0 Å². The van der Waals surface area contributed by atoms with Gasteiger partial charge in [-0.3, -0.25) is 0 Å². The van der Waals surface area contributed by atoms with Gasteiger partial charge in [0.1, 0.15) is 0 Å². The predicted octanol–water partition coefficient (Wildman–Crippen LogP) is 0.753. The van der Waals surface area contributed by atoms with E-state index in [2.05, 4.69) is 10.6 Å². The van der Waals surface area contributed by atoms with Crippen molar-refractivity contribution in [1.82, 2.24) is 10.6 Å². The summed E-state index contributed by atoms with van der Waals surface area (Å²) in [6.45, 7) is 3.97. The molecule has 3 heteroatoms. The van der Waals surface area contributed by atoms with E-state index in [9.17, 15) is 0 Å². The molecule has 0 amide bonds. The van der Waals surface area contributed by atoms with Crippen LogP contribution in [0, 0.1) is 11.8 Å². The minimum absolute atomic E-state index is 0.402. The van der Waals surface area contributed by atoms with Gasteiger partial charge < -0.3 is 15.4 Å². The first-order chi connectivity index (χ1) is 7.43. The van der Waals surface area contributed by atoms with Gasteiger partial charge in [0, 0.05) is 25.7 Å². The van der Waals surface area contributed by atoms with Gasteiger partial charge in [0.25, 0.3) is 0 Å². The van der Waals surface area contributed by atoms with E-state index in [-0.39, 0.29) is 0 Å². The van der Waals surface area contributed by atoms with Crippen molar-refractivity contribution in [3.05, 3.63) is 0 Å². The predicted molar refractivity (Wildman–Crippen MR) is 59.8 cm³/mol. The molecule has 3 nitrogen and oxygen atoms in total. The van der Waals surface area contributed by atoms with Gasteiger partial charge in [-0.2, -0.15) is 0 Å². The molecule has 15 heavy (non-hydrogen) atoms. The highest BCUT2D eigenvalue weighted by molar-refractivity contribution is 4.96. The Bertz CT molecular complexity index is 196. The number of rotatable bonds is 5. The summed E-state index contributed by atoms with van der Waals surface area (Å²) < 4.78 is 5.70. The first-order valence-corrected chi connectivity index (χ1v) is 6.49. The quantitative estimate of drug-likeness (QED) is 0.702. The summed E-state index contributed by atoms with van der Waals surface area (Å²) in [5, 5.41) is 7.13. The van der Waals surface area contributed by atoms with E-state index < -0.39 is 0 Å². The van der Waals surface area contributed by atoms with Crippen LogP contribution in [0.4, 0.5) is 0 Å². The number of ether oxygens (including phenoxy) is 1. The summed E-state index contributed by atoms with van der Waals surface area (Å²) in [5.41, 5.74) is 0. The van der Waals surface area contributed by atoms with Crippen LogP contribution in [0.2, 0.25) is 0 Å². The molecule has 2 aliphatic carbocycles. The molecule has 2 saturated carbocycles. The van der Waals surface area contributed by atoms with Crippen molar-refractivity contribution in [3.8, 4) is 0 Å². The van der Waals surface area contributed by atoms with Gasteiger partial charge >= 0.3 is 0 Å². The van der Waals surface area contributed by atoms with Crippen LogP contribution < -0.4 is 10.6 Å². The molecule has 86 valence electrons. The maximum absolute atomic E-state index is 5.70. The minimum atomic E-state index is 0.402. The SMILES string of the molecule is C1COC(CNC(C2CC2)C2CC2)CN1. The third kappa shape index (κ3) is 2.71. The van der Waals surface area contributed by atoms with E-state index in [0.717, 1.165) is 44.1 Å². The molecule has 0 aromatic rings. The van der Waals surface area contributed by atoms with E-state index in [4.69, 9.17) is 4.74 Å². The van der Waals surface area contributed by atoms with Crippen LogP contribution in [0.1, 0.15) is 25.7 Å². The van der Waals surface area contributed by atoms with Crippen molar-refractivity contribution in [2.24, 2.45) is 11.8 Å². The van der Waals surface area contributed by atoms with Crippen molar-refractivity contribution in [1.29, 1.82) is 0 Å². The molecular weight excluding hydrogens is 188 g/mol. The van der Waals surface area contributed by atoms with Crippen molar-refractivity contribution >= 4 is 0 Å². The smallest absolute Gasteiger partial charge is 0.0824 e. The van der Waals surface area contributed by atoms with E-state index in [1.807, 2.05) is 0 Å². The summed E-state index contributed by atoms with van der Waals surface area (Å²) in [7, 11) is 0. The second kappa shape index (κ2) is 4.40. The molecule has 1 aliphatic heterocycles. The number of nitrogens with one attached hydrogen (secondary N) is 2. The molecule has 2 N–H and O–H groups in total. The molecule has 3 rings (SSSR count). The van der Waals surface area contributed by atoms with E-state index in [1.165, 1.54) is 25.7 Å². The Morgan fingerprint density at radius 1 is 1.20 bits per heavy atom. The Hall–Kier alpha value is -0.120. The molecule has 0 bridgehead atoms. The van der Waals surface area contributed by atoms with E-state index in [0.29, 0.717) is 6.10 Å². The third-order valence-corrected chi connectivity index (χ3v) is 3.85. The van der Waals surface area contributed by atoms with Crippen LogP contribution in [0.15, 0.2) is 0 Å². The zero-order chi connectivity index (χ0) is 10.1. The van der Waals surface area contributed by atoms with Gasteiger partial charge in [0.05, 0.1) is 12.7 Å². The highest BCUT2D eigenvalue weighted by Gasteiger charge is 2.41. The maximum atomic E-state index is 5.70. The largest absolute Gasteiger partial charge is 0.374 e. The molecule has 0 aromatic carbocycles. The minimum Gasteiger partial charge on any atom is -0.374 e. The van der Waals surface area contributed by atoms with Gasteiger partial charge in [-0.05, 0) is 37.5 Å². The number of hydrogen-bond acceptors (Lipinski definition) is 3. The van der Waals surface area contributed by atoms with Crippen molar-refractivity contribution in [2.45, 2.75) is 37.8 Å². The normalized spacial score (nSPS) is 32.2. The van der Waals surface area contributed by atoms with Gasteiger partial charge in [0.2, 0.25) is 0 Å². The van der Waals surface area contributed by atoms with Gasteiger partial charge in [0.15, 0.2) is 0 Å². The lowest BCUT2D eigenvalue weighted by molar-refractivity contribution is 0.0266. The second-order valence-corrected chi connectivity index (χ2v) is 5.31. The lowest BCUT2D eigenvalue weighted by Crippen LogP contribution is -2.47. The van der Waals surface area contributed by atoms with Crippen molar-refractivity contribution < 1.29 is 4.74 Å². The third-order valence-electron chi connectivity index (χ3n) is 3.85. The first-order valence-electron chi connectivity index (χ1n) is 6.49. The Morgan fingerprint density at radius 3 is 2.47 bits per heavy atom. The summed E-state index contributed by atoms with van der Waals surface area (Å²) in [5.74, 6) is 1.99. The highest BCUT2D eigenvalue weighted by atomic mass is 16.5. The fourth-order valence-electron chi connectivity index (χ4n) is 2.65. The van der Waals surface area contributed by atoms with E-state index in [1.54, 1.807) is 0 Å². The van der Waals surface area contributed by atoms with E-state index >= 15 is 0 Å². The Labute approximate surface area is 91.9 Å². The average Bonchev–Trinajstić information content (AvgIpc) is 3.14. The molecular formula is C12H22N2O. The summed E-state index contributed by atoms with van der Waals surface area (Å²) in [6.07, 6.45) is 6.23. The monoisotopic (exact) mass is 210 g/mol. The summed E-state index contributed by atoms with van der Waals surface area (Å²) in [4.78, 5) is 0. The molecule has 1 saturated heterocycles. The fraction of sp³-hybridized carbons (Fsp3) is 1.00. The van der Waals surface area contributed by atoms with Crippen molar-refractivity contribution in [2.75, 3.05) is 26.2 Å². The molecule has 3 fully saturated rings. The highest BCUT2D eigenvalue weighted by Crippen LogP contribution is 2.44. The van der Waals surface area contributed by atoms with Crippen LogP contribution in [0.5, 0.6) is 0 Å². The Kier molecular flexibility index (Phi) is 2.95. The standard InChI is InChI=1S/C12H22N2O/c1-2-9(1)12(10-3-4-10)14-8-11-7-13-5-6-15-11/h9-14H,1-8H2. The summed E-state index contributed by atoms with van der Waals surface area (Å²) in [6, 6.07) is 0.815. The zero-order valence-corrected chi connectivity index (χ0v) is 9.37. The Balaban J connectivity index is 1.42. The maximum Gasteiger partial charge on any atom is 0.0824 e. The molecule has 3 aliphatic rings. The van der Waals surface area contributed by atoms with Gasteiger partial charge in [-0.25, -0.2) is 0 Å². The lowest BCUT2D eigenvalue weighted by atomic mass is 10.1. The van der Waals surface area contributed by atoms with Crippen LogP contribution >= 0.6 is 0 Å². The molecule has 1 atom stereocenters. The molecule has 0 radical (unpaired) electrons. The van der Waals surface area contributed by atoms with Crippen LogP contribution in [0.25, 0.3) is 0 Å². The lowest BCUT2D eigenvalue weighted by Gasteiger charge is -2.26. The van der Waals surface area contributed by atoms with Crippen LogP contribution in [-0.4, -0.2) is 38.4 Å². The number of hydrogen-bond donors (Lipinski definition) is 2. The molecule has 0 spiro atoms. The molecule has 1 unspecified atom stereocenters. The van der Waals surface area contributed by atoms with Gasteiger partial charge in [-0.1, -0.05) is 0 Å². The topological polar surface area (TPSA) is 33.3 Å². The van der Waals surface area contributed by atoms with Crippen LogP contribution in [-0.2, 0) is 4.74 Å². The first kappa shape index (κ1) is 10.1. The zero-order valence-electron chi connectivity index (χ0n) is 9.37. The number of morpholine rings is 1. The Morgan fingerprint density at radius 2 is 1.93 bits per heavy atom. The fourth-order valence-corrected chi connectivity index (χ4v) is 2.65. The molecule has 0 aromatic heterocycles.